The molecule has 12 nitrogen and oxygen atoms in total. The zero-order chi connectivity index (χ0) is 32.2. The van der Waals surface area contributed by atoms with Crippen LogP contribution in [0.15, 0.2) is 48.7 Å². The van der Waals surface area contributed by atoms with Crippen molar-refractivity contribution in [1.29, 1.82) is 0 Å². The van der Waals surface area contributed by atoms with Gasteiger partial charge in [0.25, 0.3) is 10.2 Å². The summed E-state index contributed by atoms with van der Waals surface area (Å²) in [5.74, 6) is -0.637. The molecule has 0 radical (unpaired) electrons. The molecule has 1 heterocycles. The first-order valence-electron chi connectivity index (χ1n) is 14.3. The number of methoxy groups -OCH3 is 1. The van der Waals surface area contributed by atoms with Crippen molar-refractivity contribution in [2.24, 2.45) is 11.8 Å². The van der Waals surface area contributed by atoms with Gasteiger partial charge in [0.2, 0.25) is 11.8 Å². The Morgan fingerprint density at radius 1 is 1.02 bits per heavy atom. The number of carbonyl (C=O) groups is 2. The van der Waals surface area contributed by atoms with Gasteiger partial charge in [0.05, 0.1) is 25.2 Å². The van der Waals surface area contributed by atoms with Crippen molar-refractivity contribution in [1.82, 2.24) is 24.6 Å². The molecular weight excluding hydrogens is 574 g/mol. The molecule has 0 spiro atoms. The van der Waals surface area contributed by atoms with Crippen molar-refractivity contribution < 1.29 is 32.6 Å². The molecule has 0 saturated heterocycles. The van der Waals surface area contributed by atoms with E-state index in [0.29, 0.717) is 11.4 Å². The molecule has 13 heteroatoms. The van der Waals surface area contributed by atoms with Crippen LogP contribution in [0.4, 0.5) is 4.79 Å². The van der Waals surface area contributed by atoms with Crippen molar-refractivity contribution in [3.8, 4) is 5.88 Å². The summed E-state index contributed by atoms with van der Waals surface area (Å²) < 4.78 is 40.5. The zero-order valence-corrected chi connectivity index (χ0v) is 27.0. The Hall–Kier alpha value is -3.26. The molecule has 2 rings (SSSR count). The van der Waals surface area contributed by atoms with Crippen LogP contribution >= 0.6 is 0 Å². The maximum absolute atomic E-state index is 13.2. The molecule has 1 aromatic carbocycles. The number of alkyl carbamates (subject to hydrolysis) is 1. The van der Waals surface area contributed by atoms with Crippen LogP contribution in [0.1, 0.15) is 52.7 Å². The van der Waals surface area contributed by atoms with Crippen molar-refractivity contribution in [2.45, 2.75) is 72.3 Å². The maximum Gasteiger partial charge on any atom is 0.407 e. The van der Waals surface area contributed by atoms with E-state index in [9.17, 15) is 23.1 Å². The van der Waals surface area contributed by atoms with Gasteiger partial charge in [0, 0.05) is 43.0 Å². The third kappa shape index (κ3) is 13.3. The second kappa shape index (κ2) is 16.6. The maximum atomic E-state index is 13.2. The number of benzene rings is 1. The highest BCUT2D eigenvalue weighted by atomic mass is 32.2. The molecule has 2 aromatic rings. The number of carbonyl (C=O) groups excluding carboxylic acids is 2. The Labute approximate surface area is 255 Å². The fourth-order valence-corrected chi connectivity index (χ4v) is 5.83. The van der Waals surface area contributed by atoms with Gasteiger partial charge in [0.15, 0.2) is 0 Å². The van der Waals surface area contributed by atoms with E-state index in [1.165, 1.54) is 17.6 Å². The average molecular weight is 622 g/mol. The first-order chi connectivity index (χ1) is 20.1. The molecule has 240 valence electrons. The van der Waals surface area contributed by atoms with Gasteiger partial charge in [-0.15, -0.1) is 0 Å². The highest BCUT2D eigenvalue weighted by molar-refractivity contribution is 7.87. The fraction of sp³-hybridized carbons (Fsp3) is 0.567. The van der Waals surface area contributed by atoms with Crippen molar-refractivity contribution in [3.63, 3.8) is 0 Å². The summed E-state index contributed by atoms with van der Waals surface area (Å²) in [6.45, 7) is 10.6. The molecule has 3 atom stereocenters. The lowest BCUT2D eigenvalue weighted by Crippen LogP contribution is -2.56. The topological polar surface area (TPSA) is 159 Å². The Morgan fingerprint density at radius 2 is 1.70 bits per heavy atom. The number of nitrogens with zero attached hydrogens (tertiary/aromatic N) is 2. The van der Waals surface area contributed by atoms with Gasteiger partial charge in [-0.05, 0) is 44.7 Å². The van der Waals surface area contributed by atoms with Crippen LogP contribution in [0.5, 0.6) is 5.88 Å². The molecule has 0 unspecified atom stereocenters. The number of ether oxygens (including phenoxy) is 2. The summed E-state index contributed by atoms with van der Waals surface area (Å²) in [5, 5.41) is 16.8. The van der Waals surface area contributed by atoms with Crippen LogP contribution < -0.4 is 20.1 Å². The predicted molar refractivity (Wildman–Crippen MR) is 164 cm³/mol. The van der Waals surface area contributed by atoms with Crippen LogP contribution in [0.2, 0.25) is 0 Å². The van der Waals surface area contributed by atoms with Crippen molar-refractivity contribution in [3.05, 3.63) is 59.8 Å². The first-order valence-corrected chi connectivity index (χ1v) is 15.7. The molecule has 0 aliphatic heterocycles. The standard InChI is InChI=1S/C30H47N5O7S/c1-21(2)18-35(43(39,40)34-30(4,5)6)19-26(36)25(15-23-11-9-8-10-12-23)33-28(37)22(3)16-32-29(38)42-20-24-13-14-27(41-7)31-17-24/h8-14,17,21-22,25-26,34,36H,15-16,18-20H2,1-7H3,(H,32,38)(H,33,37)/t22-,25+,26-/m1/s1. The lowest BCUT2D eigenvalue weighted by Gasteiger charge is -2.33. The van der Waals surface area contributed by atoms with Crippen LogP contribution in [-0.2, 0) is 32.8 Å². The normalized spacial score (nSPS) is 14.2. The quantitative estimate of drug-likeness (QED) is 0.223. The van der Waals surface area contributed by atoms with Gasteiger partial charge >= 0.3 is 6.09 Å². The molecule has 0 aliphatic carbocycles. The summed E-state index contributed by atoms with van der Waals surface area (Å²) in [6, 6.07) is 11.9. The van der Waals surface area contributed by atoms with Gasteiger partial charge in [0.1, 0.15) is 6.61 Å². The summed E-state index contributed by atoms with van der Waals surface area (Å²) >= 11 is 0. The minimum atomic E-state index is -3.93. The third-order valence-electron chi connectivity index (χ3n) is 6.20. The fourth-order valence-electron chi connectivity index (χ4n) is 4.09. The van der Waals surface area contributed by atoms with Gasteiger partial charge in [-0.1, -0.05) is 51.1 Å². The summed E-state index contributed by atoms with van der Waals surface area (Å²) in [4.78, 5) is 29.4. The van der Waals surface area contributed by atoms with E-state index in [1.807, 2.05) is 44.2 Å². The van der Waals surface area contributed by atoms with E-state index in [2.05, 4.69) is 20.3 Å². The van der Waals surface area contributed by atoms with Crippen LogP contribution in [-0.4, -0.2) is 79.2 Å². The Morgan fingerprint density at radius 3 is 2.26 bits per heavy atom. The number of nitrogens with one attached hydrogen (secondary N) is 3. The number of hydrogen-bond donors (Lipinski definition) is 4. The molecule has 0 bridgehead atoms. The van der Waals surface area contributed by atoms with Crippen LogP contribution in [0.3, 0.4) is 0 Å². The molecule has 4 N–H and O–H groups in total. The summed E-state index contributed by atoms with van der Waals surface area (Å²) in [6.07, 6.45) is -0.110. The molecule has 2 amide bonds. The van der Waals surface area contributed by atoms with Crippen molar-refractivity contribution >= 4 is 22.2 Å². The number of aliphatic hydroxyl groups excluding tert-OH is 1. The molecule has 0 saturated carbocycles. The van der Waals surface area contributed by atoms with Crippen LogP contribution in [0, 0.1) is 11.8 Å². The largest absolute Gasteiger partial charge is 0.481 e. The number of hydrogen-bond acceptors (Lipinski definition) is 8. The monoisotopic (exact) mass is 621 g/mol. The third-order valence-corrected chi connectivity index (χ3v) is 8.05. The Bertz CT molecular complexity index is 1250. The van der Waals surface area contributed by atoms with E-state index in [1.54, 1.807) is 39.8 Å². The van der Waals surface area contributed by atoms with E-state index in [0.717, 1.165) is 5.56 Å². The molecular formula is C30H47N5O7S. The number of rotatable bonds is 16. The number of aromatic nitrogens is 1. The van der Waals surface area contributed by atoms with Crippen LogP contribution in [0.25, 0.3) is 0 Å². The highest BCUT2D eigenvalue weighted by Gasteiger charge is 2.33. The van der Waals surface area contributed by atoms with E-state index in [4.69, 9.17) is 9.47 Å². The van der Waals surface area contributed by atoms with Gasteiger partial charge in [-0.25, -0.2) is 9.78 Å². The zero-order valence-electron chi connectivity index (χ0n) is 26.2. The Kier molecular flexibility index (Phi) is 13.8. The van der Waals surface area contributed by atoms with Gasteiger partial charge < -0.3 is 25.2 Å². The van der Waals surface area contributed by atoms with Gasteiger partial charge in [-0.3, -0.25) is 4.79 Å². The SMILES string of the molecule is COc1ccc(COC(=O)NC[C@@H](C)C(=O)N[C@@H](Cc2ccccc2)[C@H](O)CN(CC(C)C)S(=O)(=O)NC(C)(C)C)cn1. The smallest absolute Gasteiger partial charge is 0.407 e. The van der Waals surface area contributed by atoms with E-state index >= 15 is 0 Å². The minimum absolute atomic E-state index is 0.00209. The lowest BCUT2D eigenvalue weighted by atomic mass is 9.99. The number of aliphatic hydroxyl groups is 1. The molecule has 0 aliphatic rings. The van der Waals surface area contributed by atoms with E-state index in [-0.39, 0.29) is 38.6 Å². The number of pyridine rings is 1. The lowest BCUT2D eigenvalue weighted by molar-refractivity contribution is -0.126. The Balaban J connectivity index is 2.07. The van der Waals surface area contributed by atoms with Gasteiger partial charge in [-0.2, -0.15) is 17.4 Å². The molecule has 1 aromatic heterocycles. The van der Waals surface area contributed by atoms with E-state index < -0.39 is 45.8 Å². The molecule has 0 fully saturated rings. The first kappa shape index (κ1) is 35.9. The second-order valence-corrected chi connectivity index (χ2v) is 13.7. The predicted octanol–water partition coefficient (Wildman–Crippen LogP) is 2.63. The summed E-state index contributed by atoms with van der Waals surface area (Å²) in [7, 11) is -2.42. The minimum Gasteiger partial charge on any atom is -0.481 e. The highest BCUT2D eigenvalue weighted by Crippen LogP contribution is 2.14. The summed E-state index contributed by atoms with van der Waals surface area (Å²) in [5.41, 5.74) is 0.817. The van der Waals surface area contributed by atoms with Crippen molar-refractivity contribution in [2.75, 3.05) is 26.7 Å². The molecule has 43 heavy (non-hydrogen) atoms. The number of amides is 2. The second-order valence-electron chi connectivity index (χ2n) is 12.0. The average Bonchev–Trinajstić information content (AvgIpc) is 2.93.